The Labute approximate surface area is 192 Å². The predicted molar refractivity (Wildman–Crippen MR) is 106 cm³/mol. The number of hydrogen-bond donors (Lipinski definition) is 1. The van der Waals surface area contributed by atoms with Gasteiger partial charge in [0.1, 0.15) is 0 Å². The van der Waals surface area contributed by atoms with Gasteiger partial charge >= 0.3 is 45.6 Å². The second-order valence-corrected chi connectivity index (χ2v) is 5.64. The maximum atomic E-state index is 12.0. The van der Waals surface area contributed by atoms with E-state index in [4.69, 9.17) is 18.7 Å². The number of aryl methyl sites for hydroxylation is 1. The SMILES string of the molecule is CCOC(=O)/C=C/C1=C[C@H](n2cc(C)c(=O)[nH]c2=O)C[C@@H]1CC.[C-]#[O+].[C-]#[O+].[C-]#[O+].[CH3-].[Fe]. The van der Waals surface area contributed by atoms with Crippen LogP contribution >= 0.6 is 0 Å². The smallest absolute Gasteiger partial charge is 0 e. The van der Waals surface area contributed by atoms with Gasteiger partial charge in [-0.2, -0.15) is 0 Å². The van der Waals surface area contributed by atoms with Crippen LogP contribution in [0.3, 0.4) is 0 Å². The standard InChI is InChI=1S/C17H22N2O4.3CO.CH3.Fe/c1-4-12-8-14(9-13(12)6-7-15(20)23-5-2)19-10-11(3)16(21)18-17(19)22;3*1-2;;/h6-7,9-10,12,14H,4-5,8H2,1-3H3,(H,18,21,22);;;;1H3;/q;;;;-1;/b7-6+;;;;;/t12-,14+;;;;;/m0...../s1. The van der Waals surface area contributed by atoms with E-state index >= 15 is 0 Å². The molecule has 0 fully saturated rings. The first-order valence-corrected chi connectivity index (χ1v) is 8.46. The molecule has 1 N–H and O–H groups in total. The van der Waals surface area contributed by atoms with Gasteiger partial charge in [0.25, 0.3) is 5.56 Å². The normalized spacial score (nSPS) is 15.6. The maximum Gasteiger partial charge on any atom is 0 e. The van der Waals surface area contributed by atoms with Gasteiger partial charge in [-0.1, -0.05) is 19.1 Å². The van der Waals surface area contributed by atoms with Gasteiger partial charge in [0.15, 0.2) is 0 Å². The molecule has 1 aromatic rings. The molecule has 170 valence electrons. The fourth-order valence-corrected chi connectivity index (χ4v) is 2.83. The molecule has 9 nitrogen and oxygen atoms in total. The molecule has 0 saturated carbocycles. The Hall–Kier alpha value is -2.63. The van der Waals surface area contributed by atoms with Gasteiger partial charge in [0.05, 0.1) is 12.6 Å². The van der Waals surface area contributed by atoms with Crippen LogP contribution in [-0.2, 0) is 40.6 Å². The molecule has 0 radical (unpaired) electrons. The van der Waals surface area contributed by atoms with Crippen LogP contribution in [0, 0.1) is 40.2 Å². The molecule has 0 bridgehead atoms. The predicted octanol–water partition coefficient (Wildman–Crippen LogP) is 2.20. The summed E-state index contributed by atoms with van der Waals surface area (Å²) in [6.07, 6.45) is 8.42. The summed E-state index contributed by atoms with van der Waals surface area (Å²) in [5, 5.41) is 0. The molecule has 0 amide bonds. The topological polar surface area (TPSA) is 141 Å². The van der Waals surface area contributed by atoms with Crippen molar-refractivity contribution < 1.29 is 40.6 Å². The molecular formula is C21H25FeN2O7-. The summed E-state index contributed by atoms with van der Waals surface area (Å²) in [6.45, 7) is 19.3. The van der Waals surface area contributed by atoms with E-state index in [2.05, 4.69) is 31.9 Å². The van der Waals surface area contributed by atoms with Crippen molar-refractivity contribution >= 4 is 5.97 Å². The van der Waals surface area contributed by atoms with Crippen LogP contribution in [0.4, 0.5) is 0 Å². The van der Waals surface area contributed by atoms with Crippen molar-refractivity contribution in [2.45, 2.75) is 39.7 Å². The number of nitrogens with one attached hydrogen (secondary N) is 1. The summed E-state index contributed by atoms with van der Waals surface area (Å²) in [7, 11) is 0. The summed E-state index contributed by atoms with van der Waals surface area (Å²) < 4.78 is 28.9. The molecular weight excluding hydrogens is 448 g/mol. The molecule has 1 aliphatic carbocycles. The zero-order chi connectivity index (χ0) is 23.0. The fourth-order valence-electron chi connectivity index (χ4n) is 2.83. The molecule has 0 spiro atoms. The van der Waals surface area contributed by atoms with E-state index < -0.39 is 5.69 Å². The number of esters is 1. The van der Waals surface area contributed by atoms with Crippen molar-refractivity contribution in [2.75, 3.05) is 6.61 Å². The number of H-pyrrole nitrogens is 1. The van der Waals surface area contributed by atoms with Gasteiger partial charge < -0.3 is 12.2 Å². The van der Waals surface area contributed by atoms with Crippen LogP contribution in [0.5, 0.6) is 0 Å². The van der Waals surface area contributed by atoms with Crippen LogP contribution in [0.25, 0.3) is 0 Å². The molecule has 0 aliphatic heterocycles. The summed E-state index contributed by atoms with van der Waals surface area (Å²) in [6, 6.07) is -0.121. The van der Waals surface area contributed by atoms with Crippen LogP contribution in [0.1, 0.15) is 38.3 Å². The monoisotopic (exact) mass is 473 g/mol. The number of ether oxygens (including phenoxy) is 1. The Morgan fingerprint density at radius 3 is 2.26 bits per heavy atom. The number of rotatable bonds is 5. The summed E-state index contributed by atoms with van der Waals surface area (Å²) in [5.41, 5.74) is 0.748. The van der Waals surface area contributed by atoms with Crippen molar-refractivity contribution in [1.82, 2.24) is 9.55 Å². The van der Waals surface area contributed by atoms with Crippen LogP contribution in [-0.4, -0.2) is 22.1 Å². The number of aromatic nitrogens is 2. The minimum atomic E-state index is -0.410. The third kappa shape index (κ3) is 11.4. The van der Waals surface area contributed by atoms with E-state index in [1.807, 2.05) is 6.08 Å². The Balaban J connectivity index is -0.000000419. The zero-order valence-electron chi connectivity index (χ0n) is 17.7. The first kappa shape index (κ1) is 35.8. The minimum Gasteiger partial charge on any atom is -0.358 e. The van der Waals surface area contributed by atoms with Crippen molar-refractivity contribution in [1.29, 1.82) is 0 Å². The Kier molecular flexibility index (Phi) is 23.8. The largest absolute Gasteiger partial charge is 0.358 e. The molecule has 2 rings (SSSR count). The zero-order valence-corrected chi connectivity index (χ0v) is 18.8. The average Bonchev–Trinajstić information content (AvgIpc) is 3.17. The average molecular weight is 473 g/mol. The van der Waals surface area contributed by atoms with Crippen molar-refractivity contribution in [2.24, 2.45) is 5.92 Å². The second kappa shape index (κ2) is 20.6. The second-order valence-electron chi connectivity index (χ2n) is 5.64. The Morgan fingerprint density at radius 1 is 1.23 bits per heavy atom. The van der Waals surface area contributed by atoms with Gasteiger partial charge in [0, 0.05) is 34.9 Å². The first-order chi connectivity index (χ1) is 14.0. The third-order valence-electron chi connectivity index (χ3n) is 4.08. The maximum absolute atomic E-state index is 12.0. The number of allylic oxidation sites excluding steroid dienone is 3. The minimum absolute atomic E-state index is 0. The first-order valence-electron chi connectivity index (χ1n) is 8.46. The van der Waals surface area contributed by atoms with Gasteiger partial charge in [-0.3, -0.25) is 14.3 Å². The number of carbonyl (C=O) groups is 1. The van der Waals surface area contributed by atoms with Crippen LogP contribution < -0.4 is 11.2 Å². The molecule has 1 heterocycles. The summed E-state index contributed by atoms with van der Waals surface area (Å²) in [5.74, 6) is -0.103. The Morgan fingerprint density at radius 2 is 1.77 bits per heavy atom. The quantitative estimate of drug-likeness (QED) is 0.230. The van der Waals surface area contributed by atoms with E-state index in [-0.39, 0.29) is 48.0 Å². The van der Waals surface area contributed by atoms with Gasteiger partial charge in [-0.15, -0.1) is 0 Å². The van der Waals surface area contributed by atoms with Crippen LogP contribution in [0.15, 0.2) is 39.6 Å². The number of nitrogens with zero attached hydrogens (tertiary/aromatic N) is 1. The molecule has 0 unspecified atom stereocenters. The van der Waals surface area contributed by atoms with Gasteiger partial charge in [-0.25, -0.2) is 9.59 Å². The Bertz CT molecular complexity index is 877. The fraction of sp³-hybridized carbons (Fsp3) is 0.381. The van der Waals surface area contributed by atoms with Gasteiger partial charge in [0.2, 0.25) is 0 Å². The molecule has 31 heavy (non-hydrogen) atoms. The molecule has 0 saturated heterocycles. The molecule has 0 aromatic carbocycles. The number of carbonyl (C=O) groups excluding carboxylic acids is 1. The summed E-state index contributed by atoms with van der Waals surface area (Å²) in [4.78, 5) is 37.3. The van der Waals surface area contributed by atoms with Crippen LogP contribution in [0.2, 0.25) is 0 Å². The van der Waals surface area contributed by atoms with E-state index in [9.17, 15) is 14.4 Å². The number of aromatic amines is 1. The van der Waals surface area contributed by atoms with E-state index in [1.165, 1.54) is 6.08 Å². The molecule has 1 aliphatic rings. The third-order valence-corrected chi connectivity index (χ3v) is 4.08. The van der Waals surface area contributed by atoms with Crippen molar-refractivity contribution in [3.05, 3.63) is 83.8 Å². The van der Waals surface area contributed by atoms with Crippen molar-refractivity contribution in [3.8, 4) is 0 Å². The van der Waals surface area contributed by atoms with E-state index in [0.717, 1.165) is 18.4 Å². The van der Waals surface area contributed by atoms with Crippen molar-refractivity contribution in [3.63, 3.8) is 0 Å². The van der Waals surface area contributed by atoms with E-state index in [0.29, 0.717) is 12.2 Å². The van der Waals surface area contributed by atoms with E-state index in [1.54, 1.807) is 30.7 Å². The molecule has 10 heteroatoms. The molecule has 1 aromatic heterocycles. The summed E-state index contributed by atoms with van der Waals surface area (Å²) >= 11 is 0. The number of hydrogen-bond acceptors (Lipinski definition) is 4. The van der Waals surface area contributed by atoms with Gasteiger partial charge in [-0.05, 0) is 38.2 Å². The molecule has 2 atom stereocenters.